The number of hydrogen-bond donors (Lipinski definition) is 2. The van der Waals surface area contributed by atoms with Gasteiger partial charge in [-0.05, 0) is 19.1 Å². The van der Waals surface area contributed by atoms with Crippen LogP contribution in [0.5, 0.6) is 5.88 Å². The second-order valence-corrected chi connectivity index (χ2v) is 5.65. The number of nitrogens with zero attached hydrogens (tertiary/aromatic N) is 1. The molecule has 0 radical (unpaired) electrons. The van der Waals surface area contributed by atoms with Crippen molar-refractivity contribution in [2.75, 3.05) is 11.8 Å². The number of furan rings is 1. The molecular formula is C12H12N2O6S. The standard InChI is InChI=1S/C12H12N2O6S/c1-7-10(6-9(20-7)12(15)16)21(17,18)14-8-4-3-5-13-11(8)19-2/h3-6,14H,1-2H3,(H,15,16). The molecule has 2 aromatic rings. The molecule has 2 aromatic heterocycles. The number of carboxylic acid groups (broad SMARTS) is 1. The van der Waals surface area contributed by atoms with Gasteiger partial charge in [-0.25, -0.2) is 18.2 Å². The average molecular weight is 312 g/mol. The predicted octanol–water partition coefficient (Wildman–Crippen LogP) is 1.49. The Kier molecular flexibility index (Phi) is 3.85. The molecule has 0 aliphatic carbocycles. The molecular weight excluding hydrogens is 300 g/mol. The van der Waals surface area contributed by atoms with Gasteiger partial charge in [-0.3, -0.25) is 4.72 Å². The summed E-state index contributed by atoms with van der Waals surface area (Å²) in [6, 6.07) is 3.95. The van der Waals surface area contributed by atoms with Gasteiger partial charge in [0.25, 0.3) is 10.0 Å². The minimum atomic E-state index is -4.02. The van der Waals surface area contributed by atoms with Gasteiger partial charge in [0.1, 0.15) is 16.3 Å². The Morgan fingerprint density at radius 2 is 2.19 bits per heavy atom. The first-order valence-corrected chi connectivity index (χ1v) is 7.19. The Morgan fingerprint density at radius 1 is 1.48 bits per heavy atom. The maximum absolute atomic E-state index is 12.3. The SMILES string of the molecule is COc1ncccc1NS(=O)(=O)c1cc(C(=O)O)oc1C. The van der Waals surface area contributed by atoms with Crippen LogP contribution >= 0.6 is 0 Å². The summed E-state index contributed by atoms with van der Waals surface area (Å²) in [6.45, 7) is 1.36. The van der Waals surface area contributed by atoms with Crippen LogP contribution in [0.25, 0.3) is 0 Å². The third-order valence-corrected chi connectivity index (χ3v) is 4.05. The molecule has 0 bridgehead atoms. The number of aryl methyl sites for hydroxylation is 1. The number of pyridine rings is 1. The first-order valence-electron chi connectivity index (χ1n) is 5.70. The summed E-state index contributed by atoms with van der Waals surface area (Å²) in [6.07, 6.45) is 1.45. The normalized spacial score (nSPS) is 11.1. The smallest absolute Gasteiger partial charge is 0.371 e. The van der Waals surface area contributed by atoms with E-state index in [1.807, 2.05) is 0 Å². The molecule has 2 N–H and O–H groups in total. The van der Waals surface area contributed by atoms with E-state index in [0.717, 1.165) is 6.07 Å². The van der Waals surface area contributed by atoms with E-state index in [4.69, 9.17) is 14.3 Å². The first-order chi connectivity index (χ1) is 9.85. The molecule has 2 heterocycles. The number of hydrogen-bond acceptors (Lipinski definition) is 6. The number of anilines is 1. The Hall–Kier alpha value is -2.55. The fourth-order valence-electron chi connectivity index (χ4n) is 1.67. The van der Waals surface area contributed by atoms with E-state index in [9.17, 15) is 13.2 Å². The molecule has 112 valence electrons. The molecule has 0 spiro atoms. The van der Waals surface area contributed by atoms with Crippen LogP contribution in [0, 0.1) is 6.92 Å². The van der Waals surface area contributed by atoms with Crippen molar-refractivity contribution in [2.45, 2.75) is 11.8 Å². The number of aromatic carboxylic acids is 1. The molecule has 2 rings (SSSR count). The quantitative estimate of drug-likeness (QED) is 0.858. The summed E-state index contributed by atoms with van der Waals surface area (Å²) < 4.78 is 36.7. The van der Waals surface area contributed by atoms with Crippen molar-refractivity contribution in [3.8, 4) is 5.88 Å². The highest BCUT2D eigenvalue weighted by atomic mass is 32.2. The monoisotopic (exact) mass is 312 g/mol. The summed E-state index contributed by atoms with van der Waals surface area (Å²) in [4.78, 5) is 14.4. The van der Waals surface area contributed by atoms with Crippen molar-refractivity contribution in [1.82, 2.24) is 4.98 Å². The van der Waals surface area contributed by atoms with E-state index in [1.54, 1.807) is 0 Å². The lowest BCUT2D eigenvalue weighted by molar-refractivity contribution is 0.0661. The maximum atomic E-state index is 12.3. The molecule has 0 saturated heterocycles. The number of rotatable bonds is 5. The van der Waals surface area contributed by atoms with Gasteiger partial charge in [-0.1, -0.05) is 0 Å². The Morgan fingerprint density at radius 3 is 2.76 bits per heavy atom. The number of aromatic nitrogens is 1. The number of carbonyl (C=O) groups is 1. The molecule has 9 heteroatoms. The van der Waals surface area contributed by atoms with Crippen molar-refractivity contribution in [2.24, 2.45) is 0 Å². The summed E-state index contributed by atoms with van der Waals surface area (Å²) in [5, 5.41) is 8.82. The fourth-order valence-corrected chi connectivity index (χ4v) is 2.91. The van der Waals surface area contributed by atoms with E-state index in [1.165, 1.54) is 32.4 Å². The van der Waals surface area contributed by atoms with Crippen LogP contribution in [0.3, 0.4) is 0 Å². The van der Waals surface area contributed by atoms with E-state index in [-0.39, 0.29) is 22.2 Å². The molecule has 0 fully saturated rings. The van der Waals surface area contributed by atoms with E-state index in [2.05, 4.69) is 9.71 Å². The minimum absolute atomic E-state index is 0.0252. The zero-order valence-electron chi connectivity index (χ0n) is 11.2. The highest BCUT2D eigenvalue weighted by Crippen LogP contribution is 2.26. The maximum Gasteiger partial charge on any atom is 0.371 e. The lowest BCUT2D eigenvalue weighted by Crippen LogP contribution is -2.14. The predicted molar refractivity (Wildman–Crippen MR) is 72.0 cm³/mol. The lowest BCUT2D eigenvalue weighted by atomic mass is 10.4. The van der Waals surface area contributed by atoms with Crippen LogP contribution < -0.4 is 9.46 Å². The van der Waals surface area contributed by atoms with Gasteiger partial charge >= 0.3 is 5.97 Å². The van der Waals surface area contributed by atoms with Gasteiger partial charge in [0.2, 0.25) is 11.6 Å². The average Bonchev–Trinajstić information content (AvgIpc) is 2.82. The molecule has 0 aromatic carbocycles. The van der Waals surface area contributed by atoms with E-state index in [0.29, 0.717) is 0 Å². The van der Waals surface area contributed by atoms with Crippen molar-refractivity contribution < 1.29 is 27.5 Å². The van der Waals surface area contributed by atoms with Crippen LogP contribution in [-0.4, -0.2) is 31.6 Å². The van der Waals surface area contributed by atoms with Crippen LogP contribution in [0.2, 0.25) is 0 Å². The number of nitrogens with one attached hydrogen (secondary N) is 1. The minimum Gasteiger partial charge on any atom is -0.480 e. The topological polar surface area (TPSA) is 119 Å². The summed E-state index contributed by atoms with van der Waals surface area (Å²) >= 11 is 0. The molecule has 0 saturated carbocycles. The molecule has 21 heavy (non-hydrogen) atoms. The van der Waals surface area contributed by atoms with E-state index >= 15 is 0 Å². The second-order valence-electron chi connectivity index (χ2n) is 4.00. The molecule has 8 nitrogen and oxygen atoms in total. The molecule has 0 amide bonds. The zero-order valence-corrected chi connectivity index (χ0v) is 12.0. The van der Waals surface area contributed by atoms with Crippen molar-refractivity contribution >= 4 is 21.7 Å². The Balaban J connectivity index is 2.41. The summed E-state index contributed by atoms with van der Waals surface area (Å²) in [5.74, 6) is -1.73. The first kappa shape index (κ1) is 14.9. The zero-order chi connectivity index (χ0) is 15.6. The molecule has 0 unspecified atom stereocenters. The Labute approximate surface area is 120 Å². The van der Waals surface area contributed by atoms with Crippen LogP contribution in [0.15, 0.2) is 33.7 Å². The van der Waals surface area contributed by atoms with Crippen molar-refractivity contribution in [3.05, 3.63) is 35.9 Å². The van der Waals surface area contributed by atoms with Gasteiger partial charge in [0.05, 0.1) is 7.11 Å². The number of sulfonamides is 1. The van der Waals surface area contributed by atoms with E-state index < -0.39 is 21.8 Å². The Bertz CT molecular complexity index is 781. The second kappa shape index (κ2) is 5.44. The summed E-state index contributed by atoms with van der Waals surface area (Å²) in [5.41, 5.74) is 0.137. The van der Waals surface area contributed by atoms with Crippen molar-refractivity contribution in [1.29, 1.82) is 0 Å². The summed E-state index contributed by atoms with van der Waals surface area (Å²) in [7, 11) is -2.66. The molecule has 0 atom stereocenters. The van der Waals surface area contributed by atoms with Crippen molar-refractivity contribution in [3.63, 3.8) is 0 Å². The lowest BCUT2D eigenvalue weighted by Gasteiger charge is -2.09. The van der Waals surface area contributed by atoms with Gasteiger partial charge < -0.3 is 14.3 Å². The third-order valence-electron chi connectivity index (χ3n) is 2.58. The highest BCUT2D eigenvalue weighted by Gasteiger charge is 2.25. The fraction of sp³-hybridized carbons (Fsp3) is 0.167. The third kappa shape index (κ3) is 2.97. The van der Waals surface area contributed by atoms with Gasteiger partial charge in [0, 0.05) is 12.3 Å². The number of ether oxygens (including phenoxy) is 1. The van der Waals surface area contributed by atoms with Crippen LogP contribution in [0.4, 0.5) is 5.69 Å². The number of carboxylic acids is 1. The largest absolute Gasteiger partial charge is 0.480 e. The van der Waals surface area contributed by atoms with Gasteiger partial charge in [0.15, 0.2) is 0 Å². The van der Waals surface area contributed by atoms with Crippen LogP contribution in [-0.2, 0) is 10.0 Å². The molecule has 0 aliphatic rings. The molecule has 0 aliphatic heterocycles. The van der Waals surface area contributed by atoms with Gasteiger partial charge in [-0.15, -0.1) is 0 Å². The van der Waals surface area contributed by atoms with Crippen LogP contribution in [0.1, 0.15) is 16.3 Å². The highest BCUT2D eigenvalue weighted by molar-refractivity contribution is 7.92. The number of methoxy groups -OCH3 is 1. The van der Waals surface area contributed by atoms with Gasteiger partial charge in [-0.2, -0.15) is 0 Å².